The Kier molecular flexibility index (Phi) is 3.67. The normalized spacial score (nSPS) is 10.1. The maximum absolute atomic E-state index is 11.1. The van der Waals surface area contributed by atoms with Crippen molar-refractivity contribution in [3.05, 3.63) is 58.1 Å². The minimum absolute atomic E-state index is 0.255. The molecule has 18 heavy (non-hydrogen) atoms. The second kappa shape index (κ2) is 5.23. The third-order valence-corrected chi connectivity index (χ3v) is 3.67. The zero-order chi connectivity index (χ0) is 13.1. The van der Waals surface area contributed by atoms with Crippen LogP contribution in [0.5, 0.6) is 0 Å². The molecule has 3 nitrogen and oxygen atoms in total. The van der Waals surface area contributed by atoms with E-state index in [2.05, 4.69) is 21.2 Å². The van der Waals surface area contributed by atoms with Crippen LogP contribution in [0.25, 0.3) is 0 Å². The summed E-state index contributed by atoms with van der Waals surface area (Å²) in [5.74, 6) is -0.943. The number of hydrogen-bond donors (Lipinski definition) is 2. The largest absolute Gasteiger partial charge is 0.478 e. The van der Waals surface area contributed by atoms with Crippen LogP contribution in [-0.4, -0.2) is 11.1 Å². The molecule has 0 aliphatic carbocycles. The molecule has 0 saturated heterocycles. The van der Waals surface area contributed by atoms with Gasteiger partial charge in [-0.1, -0.05) is 24.3 Å². The van der Waals surface area contributed by atoms with Crippen molar-refractivity contribution >= 4 is 33.3 Å². The number of benzene rings is 2. The predicted molar refractivity (Wildman–Crippen MR) is 75.6 cm³/mol. The molecule has 2 N–H and O–H groups in total. The molecule has 0 fully saturated rings. The van der Waals surface area contributed by atoms with Crippen LogP contribution in [0.3, 0.4) is 0 Å². The van der Waals surface area contributed by atoms with Gasteiger partial charge in [-0.05, 0) is 46.6 Å². The molecule has 0 aliphatic rings. The summed E-state index contributed by atoms with van der Waals surface area (Å²) in [5.41, 5.74) is 2.78. The standard InChI is InChI=1S/C14H12BrNO2/c1-9-5-4-8-12(13(9)15)16-11-7-3-2-6-10(11)14(17)18/h2-8,16H,1H3,(H,17,18). The molecule has 92 valence electrons. The lowest BCUT2D eigenvalue weighted by Gasteiger charge is -2.12. The molecule has 0 radical (unpaired) electrons. The first-order valence-corrected chi connectivity index (χ1v) is 6.23. The van der Waals surface area contributed by atoms with E-state index < -0.39 is 5.97 Å². The molecule has 0 amide bonds. The molecule has 0 spiro atoms. The number of hydrogen-bond acceptors (Lipinski definition) is 2. The molecule has 4 heteroatoms. The van der Waals surface area contributed by atoms with Crippen LogP contribution in [0.2, 0.25) is 0 Å². The summed E-state index contributed by atoms with van der Waals surface area (Å²) in [6.07, 6.45) is 0. The third kappa shape index (κ3) is 2.54. The lowest BCUT2D eigenvalue weighted by molar-refractivity contribution is 0.0698. The summed E-state index contributed by atoms with van der Waals surface area (Å²) < 4.78 is 0.935. The maximum atomic E-state index is 11.1. The number of carbonyl (C=O) groups is 1. The van der Waals surface area contributed by atoms with Crippen LogP contribution < -0.4 is 5.32 Å². The number of nitrogens with one attached hydrogen (secondary N) is 1. The van der Waals surface area contributed by atoms with Gasteiger partial charge in [-0.3, -0.25) is 0 Å². The number of aryl methyl sites for hydroxylation is 1. The van der Waals surface area contributed by atoms with Crippen LogP contribution in [0, 0.1) is 6.92 Å². The van der Waals surface area contributed by atoms with Crippen molar-refractivity contribution in [3.8, 4) is 0 Å². The number of carboxylic acids is 1. The van der Waals surface area contributed by atoms with Crippen molar-refractivity contribution in [3.63, 3.8) is 0 Å². The van der Waals surface area contributed by atoms with Crippen LogP contribution in [-0.2, 0) is 0 Å². The molecule has 0 atom stereocenters. The molecule has 0 aliphatic heterocycles. The van der Waals surface area contributed by atoms with Gasteiger partial charge in [0.15, 0.2) is 0 Å². The monoisotopic (exact) mass is 305 g/mol. The molecule has 0 aromatic heterocycles. The second-order valence-electron chi connectivity index (χ2n) is 3.91. The lowest BCUT2D eigenvalue weighted by atomic mass is 10.1. The average Bonchev–Trinajstić information content (AvgIpc) is 2.35. The van der Waals surface area contributed by atoms with Crippen LogP contribution >= 0.6 is 15.9 Å². The average molecular weight is 306 g/mol. The van der Waals surface area contributed by atoms with E-state index in [4.69, 9.17) is 5.11 Å². The number of anilines is 2. The van der Waals surface area contributed by atoms with Gasteiger partial charge in [0.25, 0.3) is 0 Å². The molecule has 0 bridgehead atoms. The Hall–Kier alpha value is -1.81. The second-order valence-corrected chi connectivity index (χ2v) is 4.71. The SMILES string of the molecule is Cc1cccc(Nc2ccccc2C(=O)O)c1Br. The van der Waals surface area contributed by atoms with Crippen molar-refractivity contribution < 1.29 is 9.90 Å². The van der Waals surface area contributed by atoms with Gasteiger partial charge in [0.05, 0.1) is 16.9 Å². The van der Waals surface area contributed by atoms with E-state index >= 15 is 0 Å². The Morgan fingerprint density at radius 3 is 2.50 bits per heavy atom. The predicted octanol–water partition coefficient (Wildman–Crippen LogP) is 4.20. The van der Waals surface area contributed by atoms with Gasteiger partial charge in [0.1, 0.15) is 0 Å². The van der Waals surface area contributed by atoms with E-state index in [9.17, 15) is 4.79 Å². The van der Waals surface area contributed by atoms with Crippen LogP contribution in [0.15, 0.2) is 46.9 Å². The van der Waals surface area contributed by atoms with Crippen molar-refractivity contribution in [1.82, 2.24) is 0 Å². The van der Waals surface area contributed by atoms with Gasteiger partial charge < -0.3 is 10.4 Å². The zero-order valence-corrected chi connectivity index (χ0v) is 11.4. The Bertz CT molecular complexity index is 596. The van der Waals surface area contributed by atoms with Gasteiger partial charge in [-0.2, -0.15) is 0 Å². The summed E-state index contributed by atoms with van der Waals surface area (Å²) in [4.78, 5) is 11.1. The van der Waals surface area contributed by atoms with E-state index in [1.54, 1.807) is 24.3 Å². The van der Waals surface area contributed by atoms with E-state index in [0.717, 1.165) is 15.7 Å². The van der Waals surface area contributed by atoms with Gasteiger partial charge >= 0.3 is 5.97 Å². The number of para-hydroxylation sites is 1. The van der Waals surface area contributed by atoms with Crippen molar-refractivity contribution in [1.29, 1.82) is 0 Å². The van der Waals surface area contributed by atoms with Crippen molar-refractivity contribution in [2.45, 2.75) is 6.92 Å². The highest BCUT2D eigenvalue weighted by Gasteiger charge is 2.10. The molecule has 0 saturated carbocycles. The highest BCUT2D eigenvalue weighted by molar-refractivity contribution is 9.10. The van der Waals surface area contributed by atoms with Gasteiger partial charge in [0.2, 0.25) is 0 Å². The molecule has 0 heterocycles. The lowest BCUT2D eigenvalue weighted by Crippen LogP contribution is -2.02. The highest BCUT2D eigenvalue weighted by atomic mass is 79.9. The Labute approximate surface area is 114 Å². The van der Waals surface area contributed by atoms with Crippen LogP contribution in [0.1, 0.15) is 15.9 Å². The molecule has 2 rings (SSSR count). The molecule has 2 aromatic carbocycles. The first kappa shape index (κ1) is 12.6. The van der Waals surface area contributed by atoms with Crippen LogP contribution in [0.4, 0.5) is 11.4 Å². The van der Waals surface area contributed by atoms with E-state index in [0.29, 0.717) is 5.69 Å². The fourth-order valence-corrected chi connectivity index (χ4v) is 2.03. The quantitative estimate of drug-likeness (QED) is 0.893. The Morgan fingerprint density at radius 1 is 1.11 bits per heavy atom. The smallest absolute Gasteiger partial charge is 0.337 e. The first-order valence-electron chi connectivity index (χ1n) is 5.44. The minimum atomic E-state index is -0.943. The molecule has 2 aromatic rings. The summed E-state index contributed by atoms with van der Waals surface area (Å²) in [5, 5.41) is 12.3. The van der Waals surface area contributed by atoms with E-state index in [1.165, 1.54) is 0 Å². The van der Waals surface area contributed by atoms with E-state index in [1.807, 2.05) is 25.1 Å². The summed E-state index contributed by atoms with van der Waals surface area (Å²) in [7, 11) is 0. The number of halogens is 1. The van der Waals surface area contributed by atoms with Crippen molar-refractivity contribution in [2.24, 2.45) is 0 Å². The summed E-state index contributed by atoms with van der Waals surface area (Å²) in [6, 6.07) is 12.6. The van der Waals surface area contributed by atoms with Gasteiger partial charge in [-0.15, -0.1) is 0 Å². The summed E-state index contributed by atoms with van der Waals surface area (Å²) in [6.45, 7) is 1.98. The first-order chi connectivity index (χ1) is 8.59. The van der Waals surface area contributed by atoms with E-state index in [-0.39, 0.29) is 5.56 Å². The topological polar surface area (TPSA) is 49.3 Å². The number of rotatable bonds is 3. The fourth-order valence-electron chi connectivity index (χ4n) is 1.67. The molecular formula is C14H12BrNO2. The Balaban J connectivity index is 2.40. The molecular weight excluding hydrogens is 294 g/mol. The highest BCUT2D eigenvalue weighted by Crippen LogP contribution is 2.29. The van der Waals surface area contributed by atoms with Gasteiger partial charge in [-0.25, -0.2) is 4.79 Å². The fraction of sp³-hybridized carbons (Fsp3) is 0.0714. The van der Waals surface area contributed by atoms with Gasteiger partial charge in [0, 0.05) is 4.47 Å². The summed E-state index contributed by atoms with van der Waals surface area (Å²) >= 11 is 3.49. The Morgan fingerprint density at radius 2 is 1.78 bits per heavy atom. The number of aromatic carboxylic acids is 1. The minimum Gasteiger partial charge on any atom is -0.478 e. The zero-order valence-electron chi connectivity index (χ0n) is 9.77. The number of carboxylic acid groups (broad SMARTS) is 1. The third-order valence-electron chi connectivity index (χ3n) is 2.62. The maximum Gasteiger partial charge on any atom is 0.337 e. The molecule has 0 unspecified atom stereocenters. The van der Waals surface area contributed by atoms with Crippen molar-refractivity contribution in [2.75, 3.05) is 5.32 Å².